The summed E-state index contributed by atoms with van der Waals surface area (Å²) in [5.41, 5.74) is 0. The number of hydrogen-bond acceptors (Lipinski definition) is 5. The molecule has 5 nitrogen and oxygen atoms in total. The van der Waals surface area contributed by atoms with Crippen LogP contribution in [0.2, 0.25) is 59.4 Å². The normalized spacial score (nSPS) is 14.9. The van der Waals surface area contributed by atoms with Gasteiger partial charge in [0.25, 0.3) is 8.32 Å². The molecule has 0 N–H and O–H groups in total. The summed E-state index contributed by atoms with van der Waals surface area (Å²) in [6.07, 6.45) is 6.60. The van der Waals surface area contributed by atoms with Crippen LogP contribution in [0.15, 0.2) is 60.7 Å². The summed E-state index contributed by atoms with van der Waals surface area (Å²) in [5.74, 6) is 0.357. The molecule has 0 saturated carbocycles. The molecule has 0 fully saturated rings. The Morgan fingerprint density at radius 2 is 1.00 bits per heavy atom. The van der Waals surface area contributed by atoms with Crippen LogP contribution in [0.25, 0.3) is 0 Å². The first-order chi connectivity index (χ1) is 25.9. The second kappa shape index (κ2) is 21.9. The van der Waals surface area contributed by atoms with Crippen molar-refractivity contribution in [2.24, 2.45) is 0 Å². The van der Waals surface area contributed by atoms with E-state index in [1.807, 2.05) is 0 Å². The number of carbonyl (C=O) groups excluding carboxylic acids is 1. The van der Waals surface area contributed by atoms with Crippen LogP contribution in [-0.2, 0) is 22.5 Å². The van der Waals surface area contributed by atoms with E-state index in [1.165, 1.54) is 10.4 Å². The Hall–Kier alpha value is -1.18. The van der Waals surface area contributed by atoms with Crippen molar-refractivity contribution in [3.8, 4) is 0 Å². The molecule has 0 amide bonds. The van der Waals surface area contributed by atoms with E-state index in [0.717, 1.165) is 63.3 Å². The highest BCUT2D eigenvalue weighted by Gasteiger charge is 2.50. The molecule has 0 spiro atoms. The zero-order valence-corrected chi connectivity index (χ0v) is 43.2. The fourth-order valence-corrected chi connectivity index (χ4v) is 17.4. The Balaban J connectivity index is 2.29. The molecular formula is C47H86O5Si4. The molecule has 9 heteroatoms. The quantitative estimate of drug-likeness (QED) is 0.0736. The SMILES string of the molecule is CC[Si](CC)(CC)OC(CCC(=O)CCCCO[Si](C)(C)C(C)(C)C)CCC(CCO[Si](c1ccccc1)(c1ccccc1)C(C)(C)C)O[Si](C)(C)C(C)(C)C. The molecule has 0 heterocycles. The number of carbonyl (C=O) groups is 1. The predicted octanol–water partition coefficient (Wildman–Crippen LogP) is 13.1. The lowest BCUT2D eigenvalue weighted by molar-refractivity contribution is -0.119. The van der Waals surface area contributed by atoms with Gasteiger partial charge in [0, 0.05) is 38.3 Å². The van der Waals surface area contributed by atoms with Crippen molar-refractivity contribution in [3.63, 3.8) is 0 Å². The molecule has 0 radical (unpaired) electrons. The maximum Gasteiger partial charge on any atom is 0.261 e. The Morgan fingerprint density at radius 3 is 1.43 bits per heavy atom. The van der Waals surface area contributed by atoms with Crippen molar-refractivity contribution in [1.29, 1.82) is 0 Å². The topological polar surface area (TPSA) is 54.0 Å². The molecule has 0 aromatic heterocycles. The van der Waals surface area contributed by atoms with Gasteiger partial charge in [0.05, 0.1) is 0 Å². The van der Waals surface area contributed by atoms with E-state index in [2.05, 4.69) is 170 Å². The predicted molar refractivity (Wildman–Crippen MR) is 253 cm³/mol. The minimum atomic E-state index is -2.67. The van der Waals surface area contributed by atoms with Gasteiger partial charge < -0.3 is 17.7 Å². The molecule has 0 aliphatic carbocycles. The molecule has 2 unspecified atom stereocenters. The number of ketones is 1. The molecule has 2 aromatic carbocycles. The van der Waals surface area contributed by atoms with Crippen molar-refractivity contribution < 1.29 is 22.5 Å². The average molecular weight is 844 g/mol. The van der Waals surface area contributed by atoms with Crippen LogP contribution >= 0.6 is 0 Å². The molecular weight excluding hydrogens is 757 g/mol. The van der Waals surface area contributed by atoms with E-state index in [0.29, 0.717) is 25.2 Å². The lowest BCUT2D eigenvalue weighted by atomic mass is 10.0. The monoisotopic (exact) mass is 843 g/mol. The maximum atomic E-state index is 13.3. The van der Waals surface area contributed by atoms with Gasteiger partial charge in [-0.15, -0.1) is 0 Å². The van der Waals surface area contributed by atoms with E-state index in [9.17, 15) is 4.79 Å². The molecule has 56 heavy (non-hydrogen) atoms. The van der Waals surface area contributed by atoms with Crippen LogP contribution < -0.4 is 10.4 Å². The zero-order valence-electron chi connectivity index (χ0n) is 39.2. The first-order valence-corrected chi connectivity index (χ1v) is 32.4. The van der Waals surface area contributed by atoms with E-state index in [1.54, 1.807) is 0 Å². The minimum Gasteiger partial charge on any atom is -0.417 e. The third kappa shape index (κ3) is 14.5. The summed E-state index contributed by atoms with van der Waals surface area (Å²) in [6.45, 7) is 38.5. The van der Waals surface area contributed by atoms with Crippen LogP contribution in [0.3, 0.4) is 0 Å². The molecule has 0 aliphatic heterocycles. The van der Waals surface area contributed by atoms with E-state index in [4.69, 9.17) is 17.7 Å². The van der Waals surface area contributed by atoms with Gasteiger partial charge in [0.1, 0.15) is 5.78 Å². The van der Waals surface area contributed by atoms with Gasteiger partial charge >= 0.3 is 0 Å². The van der Waals surface area contributed by atoms with Gasteiger partial charge in [0.2, 0.25) is 0 Å². The van der Waals surface area contributed by atoms with Crippen molar-refractivity contribution in [2.45, 2.75) is 206 Å². The zero-order chi connectivity index (χ0) is 42.5. The van der Waals surface area contributed by atoms with Crippen molar-refractivity contribution in [1.82, 2.24) is 0 Å². The van der Waals surface area contributed by atoms with E-state index >= 15 is 0 Å². The van der Waals surface area contributed by atoms with E-state index in [-0.39, 0.29) is 27.3 Å². The number of unbranched alkanes of at least 4 members (excludes halogenated alkanes) is 1. The molecule has 2 atom stereocenters. The Morgan fingerprint density at radius 1 is 0.536 bits per heavy atom. The fourth-order valence-electron chi connectivity index (χ4n) is 7.36. The lowest BCUT2D eigenvalue weighted by Gasteiger charge is -2.44. The second-order valence-corrected chi connectivity index (χ2v) is 39.1. The standard InChI is InChI=1S/C47H86O5Si4/c1-17-55(18-2,19-3)52-41(34-33-40(48)28-26-27-38-49-53(13,14)45(4,5)6)35-36-42(51-54(15,16)46(7,8)9)37-39-50-56(47(10,11)12,43-29-22-20-23-30-43)44-31-24-21-25-32-44/h20-25,29-32,41-42H,17-19,26-28,33-39H2,1-16H3. The van der Waals surface area contributed by atoms with Gasteiger partial charge in [-0.2, -0.15) is 0 Å². The second-order valence-electron chi connectivity index (χ2n) is 20.5. The first kappa shape index (κ1) is 51.0. The molecule has 0 bridgehead atoms. The third-order valence-electron chi connectivity index (χ3n) is 13.5. The van der Waals surface area contributed by atoms with Crippen LogP contribution in [0.5, 0.6) is 0 Å². The number of rotatable bonds is 25. The summed E-state index contributed by atoms with van der Waals surface area (Å²) in [7, 11) is -8.41. The maximum absolute atomic E-state index is 13.3. The van der Waals surface area contributed by atoms with Crippen molar-refractivity contribution >= 4 is 49.4 Å². The van der Waals surface area contributed by atoms with Crippen LogP contribution in [0, 0.1) is 0 Å². The Labute approximate surface area is 350 Å². The summed E-state index contributed by atoms with van der Waals surface area (Å²) in [6, 6.07) is 25.2. The number of Topliss-reactive ketones (excluding diaryl/α,β-unsaturated/α-hetero) is 1. The van der Waals surface area contributed by atoms with Gasteiger partial charge in [0.15, 0.2) is 25.0 Å². The molecule has 2 aromatic rings. The summed E-state index contributed by atoms with van der Waals surface area (Å²) >= 11 is 0. The van der Waals surface area contributed by atoms with Crippen LogP contribution in [0.4, 0.5) is 0 Å². The largest absolute Gasteiger partial charge is 0.417 e. The molecule has 2 rings (SSSR count). The van der Waals surface area contributed by atoms with Gasteiger partial charge in [-0.1, -0.05) is 144 Å². The minimum absolute atomic E-state index is 0.0535. The van der Waals surface area contributed by atoms with E-state index < -0.39 is 33.3 Å². The number of hydrogen-bond donors (Lipinski definition) is 0. The van der Waals surface area contributed by atoms with Gasteiger partial charge in [-0.25, -0.2) is 0 Å². The van der Waals surface area contributed by atoms with Crippen molar-refractivity contribution in [2.75, 3.05) is 13.2 Å². The highest BCUT2D eigenvalue weighted by atomic mass is 28.4. The summed E-state index contributed by atoms with van der Waals surface area (Å²) in [4.78, 5) is 13.3. The van der Waals surface area contributed by atoms with Gasteiger partial charge in [-0.3, -0.25) is 4.79 Å². The van der Waals surface area contributed by atoms with Gasteiger partial charge in [-0.05, 0) is 108 Å². The van der Waals surface area contributed by atoms with Crippen molar-refractivity contribution in [3.05, 3.63) is 60.7 Å². The average Bonchev–Trinajstić information content (AvgIpc) is 3.12. The van der Waals surface area contributed by atoms with Crippen LogP contribution in [0.1, 0.15) is 134 Å². The Kier molecular flexibility index (Phi) is 19.9. The lowest BCUT2D eigenvalue weighted by Crippen LogP contribution is -2.66. The highest BCUT2D eigenvalue weighted by molar-refractivity contribution is 6.99. The Bertz CT molecular complexity index is 1360. The summed E-state index contributed by atoms with van der Waals surface area (Å²) in [5, 5.41) is 2.83. The molecule has 0 aliphatic rings. The molecule has 0 saturated heterocycles. The highest BCUT2D eigenvalue weighted by Crippen LogP contribution is 2.40. The smallest absolute Gasteiger partial charge is 0.261 e. The first-order valence-electron chi connectivity index (χ1n) is 22.2. The molecule has 320 valence electrons. The summed E-state index contributed by atoms with van der Waals surface area (Å²) < 4.78 is 28.3. The number of benzene rings is 2. The fraction of sp³-hybridized carbons (Fsp3) is 0.723. The third-order valence-corrected chi connectivity index (χ3v) is 32.3. The van der Waals surface area contributed by atoms with Crippen LogP contribution in [-0.4, -0.2) is 64.5 Å².